The molecular weight excluding hydrogens is 256 g/mol. The number of nitrogens with one attached hydrogen (secondary N) is 3. The summed E-state index contributed by atoms with van der Waals surface area (Å²) in [5.74, 6) is 1.32. The molecule has 0 radical (unpaired) electrons. The van der Waals surface area contributed by atoms with Crippen LogP contribution in [-0.4, -0.2) is 42.8 Å². The number of rotatable bonds is 6. The Bertz CT molecular complexity index is 672. The second kappa shape index (κ2) is 5.55. The van der Waals surface area contributed by atoms with Crippen LogP contribution in [0.25, 0.3) is 11.2 Å². The van der Waals surface area contributed by atoms with E-state index in [1.165, 1.54) is 0 Å². The van der Waals surface area contributed by atoms with Crippen LogP contribution in [-0.2, 0) is 6.54 Å². The van der Waals surface area contributed by atoms with E-state index < -0.39 is 0 Å². The van der Waals surface area contributed by atoms with Crippen LogP contribution < -0.4 is 10.6 Å². The maximum absolute atomic E-state index is 4.45. The highest BCUT2D eigenvalue weighted by atomic mass is 15.3. The van der Waals surface area contributed by atoms with E-state index >= 15 is 0 Å². The summed E-state index contributed by atoms with van der Waals surface area (Å²) < 4.78 is 1.86. The van der Waals surface area contributed by atoms with Crippen molar-refractivity contribution in [2.24, 2.45) is 0 Å². The Balaban J connectivity index is 1.76. The smallest absolute Gasteiger partial charge is 0.226 e. The lowest BCUT2D eigenvalue weighted by Gasteiger charge is -2.08. The second-order valence-electron chi connectivity index (χ2n) is 4.22. The number of nitrogens with zero attached hydrogens (tertiary/aromatic N) is 5. The first kappa shape index (κ1) is 12.4. The Morgan fingerprint density at radius 1 is 1.30 bits per heavy atom. The van der Waals surface area contributed by atoms with Gasteiger partial charge in [-0.2, -0.15) is 15.1 Å². The van der Waals surface area contributed by atoms with E-state index in [9.17, 15) is 0 Å². The number of anilines is 2. The van der Waals surface area contributed by atoms with Crippen molar-refractivity contribution in [3.05, 3.63) is 24.8 Å². The quantitative estimate of drug-likeness (QED) is 0.621. The normalized spacial score (nSPS) is 10.8. The molecule has 0 unspecified atom stereocenters. The molecule has 3 heterocycles. The summed E-state index contributed by atoms with van der Waals surface area (Å²) in [5, 5.41) is 10.5. The molecule has 3 aromatic rings. The average Bonchev–Trinajstić information content (AvgIpc) is 3.09. The number of aromatic nitrogens is 6. The zero-order valence-corrected chi connectivity index (χ0v) is 11.2. The van der Waals surface area contributed by atoms with Crippen molar-refractivity contribution in [2.45, 2.75) is 13.5 Å². The van der Waals surface area contributed by atoms with Gasteiger partial charge in [-0.25, -0.2) is 4.98 Å². The Morgan fingerprint density at radius 2 is 2.25 bits per heavy atom. The van der Waals surface area contributed by atoms with E-state index in [1.54, 1.807) is 12.5 Å². The van der Waals surface area contributed by atoms with E-state index in [-0.39, 0.29) is 0 Å². The molecule has 3 aromatic heterocycles. The first-order chi connectivity index (χ1) is 9.86. The number of aromatic amines is 1. The molecule has 0 aliphatic rings. The van der Waals surface area contributed by atoms with Crippen molar-refractivity contribution in [3.8, 4) is 0 Å². The van der Waals surface area contributed by atoms with Crippen LogP contribution in [0.3, 0.4) is 0 Å². The summed E-state index contributed by atoms with van der Waals surface area (Å²) in [4.78, 5) is 16.0. The van der Waals surface area contributed by atoms with Gasteiger partial charge in [-0.05, 0) is 13.0 Å². The molecule has 8 nitrogen and oxygen atoms in total. The first-order valence-corrected chi connectivity index (χ1v) is 6.53. The molecule has 0 aliphatic carbocycles. The predicted octanol–water partition coefficient (Wildman–Crippen LogP) is 1.09. The molecule has 0 saturated heterocycles. The molecule has 0 fully saturated rings. The Labute approximate surface area is 115 Å². The number of hydrogen-bond acceptors (Lipinski definition) is 6. The second-order valence-corrected chi connectivity index (χ2v) is 4.22. The van der Waals surface area contributed by atoms with Crippen molar-refractivity contribution in [3.63, 3.8) is 0 Å². The van der Waals surface area contributed by atoms with Gasteiger partial charge in [0.05, 0.1) is 12.9 Å². The summed E-state index contributed by atoms with van der Waals surface area (Å²) in [5.41, 5.74) is 1.46. The minimum atomic E-state index is 0.577. The largest absolute Gasteiger partial charge is 0.366 e. The van der Waals surface area contributed by atoms with Gasteiger partial charge >= 0.3 is 0 Å². The van der Waals surface area contributed by atoms with E-state index in [0.717, 1.165) is 31.0 Å². The van der Waals surface area contributed by atoms with Crippen LogP contribution in [0.4, 0.5) is 11.8 Å². The van der Waals surface area contributed by atoms with Gasteiger partial charge in [0.2, 0.25) is 5.95 Å². The molecule has 0 bridgehead atoms. The lowest BCUT2D eigenvalue weighted by molar-refractivity contribution is 0.637. The molecule has 104 valence electrons. The van der Waals surface area contributed by atoms with Gasteiger partial charge in [0.25, 0.3) is 0 Å². The van der Waals surface area contributed by atoms with Crippen LogP contribution in [0.1, 0.15) is 6.92 Å². The monoisotopic (exact) mass is 272 g/mol. The van der Waals surface area contributed by atoms with Crippen molar-refractivity contribution < 1.29 is 0 Å². The molecule has 0 atom stereocenters. The number of H-pyrrole nitrogens is 1. The van der Waals surface area contributed by atoms with Gasteiger partial charge in [0.1, 0.15) is 5.52 Å². The molecule has 0 spiro atoms. The van der Waals surface area contributed by atoms with Crippen LogP contribution in [0.15, 0.2) is 24.8 Å². The summed E-state index contributed by atoms with van der Waals surface area (Å²) in [6.07, 6.45) is 5.31. The Morgan fingerprint density at radius 3 is 3.05 bits per heavy atom. The summed E-state index contributed by atoms with van der Waals surface area (Å²) in [7, 11) is 0. The van der Waals surface area contributed by atoms with Gasteiger partial charge in [-0.15, -0.1) is 0 Å². The zero-order chi connectivity index (χ0) is 13.8. The van der Waals surface area contributed by atoms with E-state index in [1.807, 2.05) is 23.9 Å². The third-order valence-corrected chi connectivity index (χ3v) is 2.81. The molecule has 3 rings (SSSR count). The molecule has 0 saturated carbocycles. The van der Waals surface area contributed by atoms with Crippen molar-refractivity contribution in [1.82, 2.24) is 29.7 Å². The van der Waals surface area contributed by atoms with E-state index in [2.05, 4.69) is 35.7 Å². The van der Waals surface area contributed by atoms with E-state index in [0.29, 0.717) is 11.6 Å². The number of imidazole rings is 1. The maximum Gasteiger partial charge on any atom is 0.226 e. The molecule has 0 aromatic carbocycles. The molecule has 0 amide bonds. The highest BCUT2D eigenvalue weighted by Gasteiger charge is 2.09. The van der Waals surface area contributed by atoms with E-state index in [4.69, 9.17) is 0 Å². The summed E-state index contributed by atoms with van der Waals surface area (Å²) in [6.45, 7) is 4.26. The van der Waals surface area contributed by atoms with Gasteiger partial charge in [0, 0.05) is 25.5 Å². The fourth-order valence-electron chi connectivity index (χ4n) is 1.92. The van der Waals surface area contributed by atoms with Crippen LogP contribution in [0, 0.1) is 0 Å². The lowest BCUT2D eigenvalue weighted by Crippen LogP contribution is -2.13. The summed E-state index contributed by atoms with van der Waals surface area (Å²) in [6, 6.07) is 1.90. The minimum absolute atomic E-state index is 0.577. The predicted molar refractivity (Wildman–Crippen MR) is 76.6 cm³/mol. The fraction of sp³-hybridized carbons (Fsp3) is 0.333. The number of hydrogen-bond donors (Lipinski definition) is 3. The third kappa shape index (κ3) is 2.53. The standard InChI is InChI=1S/C12H16N8/c1-2-13-12-18-10(9-11(19-12)16-8-15-9)14-5-7-20-6-3-4-17-20/h3-4,6,8H,2,5,7H2,1H3,(H3,13,14,15,16,18,19). The molecular formula is C12H16N8. The lowest BCUT2D eigenvalue weighted by atomic mass is 10.4. The first-order valence-electron chi connectivity index (χ1n) is 6.53. The third-order valence-electron chi connectivity index (χ3n) is 2.81. The van der Waals surface area contributed by atoms with Gasteiger partial charge in [0.15, 0.2) is 11.5 Å². The highest BCUT2D eigenvalue weighted by molar-refractivity contribution is 5.83. The minimum Gasteiger partial charge on any atom is -0.366 e. The molecule has 8 heteroatoms. The Hall–Kier alpha value is -2.64. The summed E-state index contributed by atoms with van der Waals surface area (Å²) >= 11 is 0. The van der Waals surface area contributed by atoms with Gasteiger partial charge < -0.3 is 15.6 Å². The van der Waals surface area contributed by atoms with Crippen LogP contribution >= 0.6 is 0 Å². The van der Waals surface area contributed by atoms with Gasteiger partial charge in [-0.3, -0.25) is 4.68 Å². The molecule has 3 N–H and O–H groups in total. The number of fused-ring (bicyclic) bond motifs is 1. The SMILES string of the molecule is CCNc1nc(NCCn2cccn2)c2[nH]cnc2n1. The highest BCUT2D eigenvalue weighted by Crippen LogP contribution is 2.18. The van der Waals surface area contributed by atoms with Crippen molar-refractivity contribution in [1.29, 1.82) is 0 Å². The maximum atomic E-state index is 4.45. The average molecular weight is 272 g/mol. The van der Waals surface area contributed by atoms with Crippen LogP contribution in [0.5, 0.6) is 0 Å². The molecule has 20 heavy (non-hydrogen) atoms. The van der Waals surface area contributed by atoms with Crippen LogP contribution in [0.2, 0.25) is 0 Å². The van der Waals surface area contributed by atoms with Crippen molar-refractivity contribution in [2.75, 3.05) is 23.7 Å². The Kier molecular flexibility index (Phi) is 3.44. The molecule has 0 aliphatic heterocycles. The van der Waals surface area contributed by atoms with Gasteiger partial charge in [-0.1, -0.05) is 0 Å². The zero-order valence-electron chi connectivity index (χ0n) is 11.2. The van der Waals surface area contributed by atoms with Crippen molar-refractivity contribution >= 4 is 22.9 Å². The topological polar surface area (TPSA) is 96.3 Å². The fourth-order valence-corrected chi connectivity index (χ4v) is 1.92.